The molecule has 0 saturated heterocycles. The molecular formula is C15H14FNO2. The van der Waals surface area contributed by atoms with Gasteiger partial charge in [0.1, 0.15) is 5.82 Å². The average molecular weight is 259 g/mol. The minimum atomic E-state index is -0.933. The highest BCUT2D eigenvalue weighted by Crippen LogP contribution is 2.10. The molecule has 0 saturated carbocycles. The molecule has 0 radical (unpaired) electrons. The molecule has 4 heteroatoms. The van der Waals surface area contributed by atoms with Gasteiger partial charge in [-0.25, -0.2) is 9.18 Å². The van der Waals surface area contributed by atoms with Gasteiger partial charge in [-0.15, -0.1) is 0 Å². The van der Waals surface area contributed by atoms with E-state index in [0.29, 0.717) is 6.54 Å². The number of anilines is 1. The van der Waals surface area contributed by atoms with Crippen LogP contribution in [0.3, 0.4) is 0 Å². The number of halogens is 1. The first-order valence-electron chi connectivity index (χ1n) is 5.97. The van der Waals surface area contributed by atoms with Crippen molar-refractivity contribution < 1.29 is 14.3 Å². The van der Waals surface area contributed by atoms with Gasteiger partial charge in [0.25, 0.3) is 0 Å². The van der Waals surface area contributed by atoms with Crippen molar-refractivity contribution in [1.82, 2.24) is 0 Å². The fourth-order valence-electron chi connectivity index (χ4n) is 1.73. The second kappa shape index (κ2) is 6.00. The molecule has 2 aromatic carbocycles. The Morgan fingerprint density at radius 1 is 1.05 bits per heavy atom. The van der Waals surface area contributed by atoms with Crippen LogP contribution in [0.4, 0.5) is 10.1 Å². The number of aromatic carboxylic acids is 1. The maximum absolute atomic E-state index is 12.7. The van der Waals surface area contributed by atoms with Crippen LogP contribution in [-0.4, -0.2) is 17.6 Å². The second-order valence-electron chi connectivity index (χ2n) is 4.19. The van der Waals surface area contributed by atoms with Gasteiger partial charge in [0, 0.05) is 12.2 Å². The van der Waals surface area contributed by atoms with Gasteiger partial charge in [-0.05, 0) is 48.4 Å². The summed E-state index contributed by atoms with van der Waals surface area (Å²) in [6.07, 6.45) is 0.779. The largest absolute Gasteiger partial charge is 0.478 e. The number of hydrogen-bond donors (Lipinski definition) is 2. The molecule has 98 valence electrons. The Morgan fingerprint density at radius 2 is 1.68 bits per heavy atom. The fraction of sp³-hybridized carbons (Fsp3) is 0.133. The Morgan fingerprint density at radius 3 is 2.26 bits per heavy atom. The van der Waals surface area contributed by atoms with E-state index < -0.39 is 5.97 Å². The highest BCUT2D eigenvalue weighted by atomic mass is 19.1. The van der Waals surface area contributed by atoms with Gasteiger partial charge in [0.15, 0.2) is 0 Å². The molecule has 0 aliphatic heterocycles. The Kier molecular flexibility index (Phi) is 4.13. The zero-order chi connectivity index (χ0) is 13.7. The van der Waals surface area contributed by atoms with E-state index in [2.05, 4.69) is 5.32 Å². The average Bonchev–Trinajstić information content (AvgIpc) is 2.41. The monoisotopic (exact) mass is 259 g/mol. The summed E-state index contributed by atoms with van der Waals surface area (Å²) in [5, 5.41) is 12.0. The predicted octanol–water partition coefficient (Wildman–Crippen LogP) is 3.18. The molecule has 0 spiro atoms. The van der Waals surface area contributed by atoms with Crippen LogP contribution in [0.5, 0.6) is 0 Å². The van der Waals surface area contributed by atoms with Gasteiger partial charge >= 0.3 is 5.97 Å². The van der Waals surface area contributed by atoms with Crippen molar-refractivity contribution in [3.8, 4) is 0 Å². The van der Waals surface area contributed by atoms with E-state index in [1.54, 1.807) is 36.4 Å². The molecule has 0 heterocycles. The lowest BCUT2D eigenvalue weighted by Crippen LogP contribution is -2.05. The third-order valence-electron chi connectivity index (χ3n) is 2.79. The van der Waals surface area contributed by atoms with Crippen molar-refractivity contribution in [1.29, 1.82) is 0 Å². The van der Waals surface area contributed by atoms with Crippen LogP contribution in [0.1, 0.15) is 15.9 Å². The van der Waals surface area contributed by atoms with Gasteiger partial charge in [-0.3, -0.25) is 0 Å². The number of nitrogens with one attached hydrogen (secondary N) is 1. The molecule has 0 amide bonds. The highest BCUT2D eigenvalue weighted by molar-refractivity contribution is 5.87. The number of benzene rings is 2. The molecule has 0 atom stereocenters. The molecule has 2 aromatic rings. The first-order valence-corrected chi connectivity index (χ1v) is 5.97. The lowest BCUT2D eigenvalue weighted by molar-refractivity contribution is 0.0697. The number of carbonyl (C=O) groups is 1. The number of carboxylic acids is 1. The molecular weight excluding hydrogens is 245 g/mol. The van der Waals surface area contributed by atoms with Gasteiger partial charge in [-0.2, -0.15) is 0 Å². The Hall–Kier alpha value is -2.36. The van der Waals surface area contributed by atoms with E-state index >= 15 is 0 Å². The summed E-state index contributed by atoms with van der Waals surface area (Å²) in [6, 6.07) is 13.0. The van der Waals surface area contributed by atoms with Gasteiger partial charge in [-0.1, -0.05) is 12.1 Å². The lowest BCUT2D eigenvalue weighted by Gasteiger charge is -2.06. The number of rotatable bonds is 5. The topological polar surface area (TPSA) is 49.3 Å². The molecule has 2 N–H and O–H groups in total. The summed E-state index contributed by atoms with van der Waals surface area (Å²) < 4.78 is 12.7. The Labute approximate surface area is 110 Å². The van der Waals surface area contributed by atoms with Crippen molar-refractivity contribution in [2.24, 2.45) is 0 Å². The summed E-state index contributed by atoms with van der Waals surface area (Å²) in [4.78, 5) is 10.7. The molecule has 0 aliphatic carbocycles. The van der Waals surface area contributed by atoms with Crippen LogP contribution < -0.4 is 5.32 Å². The van der Waals surface area contributed by atoms with Crippen LogP contribution in [-0.2, 0) is 6.42 Å². The van der Waals surface area contributed by atoms with E-state index in [4.69, 9.17) is 5.11 Å². The van der Waals surface area contributed by atoms with Gasteiger partial charge < -0.3 is 10.4 Å². The van der Waals surface area contributed by atoms with Crippen molar-refractivity contribution in [3.63, 3.8) is 0 Å². The second-order valence-corrected chi connectivity index (χ2v) is 4.19. The van der Waals surface area contributed by atoms with E-state index in [1.165, 1.54) is 12.1 Å². The maximum atomic E-state index is 12.7. The summed E-state index contributed by atoms with van der Waals surface area (Å²) in [5.41, 5.74) is 2.19. The Balaban J connectivity index is 1.85. The quantitative estimate of drug-likeness (QED) is 0.867. The maximum Gasteiger partial charge on any atom is 0.335 e. The molecule has 0 aromatic heterocycles. The highest BCUT2D eigenvalue weighted by Gasteiger charge is 2.01. The zero-order valence-corrected chi connectivity index (χ0v) is 10.3. The fourth-order valence-corrected chi connectivity index (χ4v) is 1.73. The van der Waals surface area contributed by atoms with Crippen molar-refractivity contribution in [2.75, 3.05) is 11.9 Å². The molecule has 3 nitrogen and oxygen atoms in total. The van der Waals surface area contributed by atoms with E-state index in [-0.39, 0.29) is 11.4 Å². The van der Waals surface area contributed by atoms with Crippen molar-refractivity contribution >= 4 is 11.7 Å². The minimum Gasteiger partial charge on any atom is -0.478 e. The number of carboxylic acid groups (broad SMARTS) is 1. The minimum absolute atomic E-state index is 0.235. The Bertz CT molecular complexity index is 549. The molecule has 2 rings (SSSR count). The van der Waals surface area contributed by atoms with Crippen molar-refractivity contribution in [3.05, 3.63) is 65.5 Å². The lowest BCUT2D eigenvalue weighted by atomic mass is 10.1. The third-order valence-corrected chi connectivity index (χ3v) is 2.79. The van der Waals surface area contributed by atoms with Gasteiger partial charge in [0.2, 0.25) is 0 Å². The van der Waals surface area contributed by atoms with Gasteiger partial charge in [0.05, 0.1) is 5.56 Å². The predicted molar refractivity (Wildman–Crippen MR) is 72.0 cm³/mol. The molecule has 0 aliphatic rings. The smallest absolute Gasteiger partial charge is 0.335 e. The van der Waals surface area contributed by atoms with E-state index in [0.717, 1.165) is 17.7 Å². The molecule has 0 bridgehead atoms. The third kappa shape index (κ3) is 3.81. The first kappa shape index (κ1) is 13.1. The number of hydrogen-bond acceptors (Lipinski definition) is 2. The SMILES string of the molecule is O=C(O)c1ccc(NCCc2ccc(F)cc2)cc1. The van der Waals surface area contributed by atoms with E-state index in [1.807, 2.05) is 0 Å². The molecule has 0 unspecified atom stereocenters. The van der Waals surface area contributed by atoms with Crippen LogP contribution in [0.15, 0.2) is 48.5 Å². The van der Waals surface area contributed by atoms with Crippen LogP contribution >= 0.6 is 0 Å². The zero-order valence-electron chi connectivity index (χ0n) is 10.3. The summed E-state index contributed by atoms with van der Waals surface area (Å²) in [7, 11) is 0. The standard InChI is InChI=1S/C15H14FNO2/c16-13-5-1-11(2-6-13)9-10-17-14-7-3-12(4-8-14)15(18)19/h1-8,17H,9-10H2,(H,18,19). The van der Waals surface area contributed by atoms with E-state index in [9.17, 15) is 9.18 Å². The van der Waals surface area contributed by atoms with Crippen molar-refractivity contribution in [2.45, 2.75) is 6.42 Å². The normalized spacial score (nSPS) is 10.2. The summed E-state index contributed by atoms with van der Waals surface area (Å²) >= 11 is 0. The molecule has 0 fully saturated rings. The van der Waals surface area contributed by atoms with Crippen LogP contribution in [0.2, 0.25) is 0 Å². The summed E-state index contributed by atoms with van der Waals surface area (Å²) in [6.45, 7) is 0.706. The first-order chi connectivity index (χ1) is 9.15. The van der Waals surface area contributed by atoms with Crippen LogP contribution in [0.25, 0.3) is 0 Å². The molecule has 19 heavy (non-hydrogen) atoms. The summed E-state index contributed by atoms with van der Waals surface area (Å²) in [5.74, 6) is -1.17. The van der Waals surface area contributed by atoms with Crippen LogP contribution in [0, 0.1) is 5.82 Å².